The number of amides is 3. The Hall–Kier alpha value is -3.48. The van der Waals surface area contributed by atoms with Crippen LogP contribution in [-0.4, -0.2) is 50.7 Å². The van der Waals surface area contributed by atoms with Crippen LogP contribution in [0.15, 0.2) is 48.5 Å². The number of carbonyl (C=O) groups excluding carboxylic acids is 3. The predicted octanol–water partition coefficient (Wildman–Crippen LogP) is 1.71. The van der Waals surface area contributed by atoms with Gasteiger partial charge in [0.15, 0.2) is 0 Å². The highest BCUT2D eigenvalue weighted by molar-refractivity contribution is 6.23. The molecule has 0 saturated heterocycles. The minimum atomic E-state index is -1.14. The summed E-state index contributed by atoms with van der Waals surface area (Å²) < 4.78 is 0. The zero-order valence-corrected chi connectivity index (χ0v) is 15.2. The van der Waals surface area contributed by atoms with Gasteiger partial charge in [0.05, 0.1) is 11.1 Å². The van der Waals surface area contributed by atoms with Gasteiger partial charge in [-0.15, -0.1) is 0 Å². The van der Waals surface area contributed by atoms with Crippen LogP contribution in [0.4, 0.5) is 0 Å². The largest absolute Gasteiger partial charge is 0.480 e. The Morgan fingerprint density at radius 2 is 1.50 bits per heavy atom. The van der Waals surface area contributed by atoms with Crippen molar-refractivity contribution in [2.75, 3.05) is 0 Å². The Labute approximate surface area is 161 Å². The molecule has 1 N–H and O–H groups in total. The van der Waals surface area contributed by atoms with Crippen LogP contribution in [0.25, 0.3) is 0 Å². The van der Waals surface area contributed by atoms with Crippen molar-refractivity contribution in [2.45, 2.75) is 32.0 Å². The summed E-state index contributed by atoms with van der Waals surface area (Å²) in [7, 11) is 0. The van der Waals surface area contributed by atoms with Crippen molar-refractivity contribution in [2.24, 2.45) is 0 Å². The first-order valence-corrected chi connectivity index (χ1v) is 8.97. The quantitative estimate of drug-likeness (QED) is 0.821. The van der Waals surface area contributed by atoms with Crippen LogP contribution in [-0.2, 0) is 22.6 Å². The predicted molar refractivity (Wildman–Crippen MR) is 98.5 cm³/mol. The van der Waals surface area contributed by atoms with Crippen molar-refractivity contribution < 1.29 is 24.3 Å². The lowest BCUT2D eigenvalue weighted by atomic mass is 10.0. The Kier molecular flexibility index (Phi) is 4.22. The van der Waals surface area contributed by atoms with E-state index in [1.807, 2.05) is 24.3 Å². The number of aliphatic carboxylic acids is 1. The van der Waals surface area contributed by atoms with Crippen LogP contribution in [0.2, 0.25) is 0 Å². The molecule has 0 aromatic heterocycles. The molecular weight excluding hydrogens is 360 g/mol. The summed E-state index contributed by atoms with van der Waals surface area (Å²) in [5.41, 5.74) is 2.15. The maximum absolute atomic E-state index is 13.3. The molecule has 0 spiro atoms. The molecule has 0 unspecified atom stereocenters. The van der Waals surface area contributed by atoms with Gasteiger partial charge in [0, 0.05) is 13.0 Å². The second kappa shape index (κ2) is 6.60. The van der Waals surface area contributed by atoms with Gasteiger partial charge in [0.2, 0.25) is 5.91 Å². The van der Waals surface area contributed by atoms with Crippen LogP contribution < -0.4 is 0 Å². The molecule has 2 aromatic carbocycles. The molecule has 7 nitrogen and oxygen atoms in total. The van der Waals surface area contributed by atoms with E-state index in [2.05, 4.69) is 0 Å². The highest BCUT2D eigenvalue weighted by Crippen LogP contribution is 2.30. The first-order valence-electron chi connectivity index (χ1n) is 8.97. The molecule has 2 atom stereocenters. The molecule has 7 heteroatoms. The molecule has 2 heterocycles. The van der Waals surface area contributed by atoms with E-state index >= 15 is 0 Å². The summed E-state index contributed by atoms with van der Waals surface area (Å²) in [6.45, 7) is 1.54. The number of hydrogen-bond acceptors (Lipinski definition) is 4. The first-order chi connectivity index (χ1) is 13.4. The average Bonchev–Trinajstić information content (AvgIpc) is 2.85. The molecule has 28 heavy (non-hydrogen) atoms. The maximum Gasteiger partial charge on any atom is 0.326 e. The molecule has 3 amide bonds. The summed E-state index contributed by atoms with van der Waals surface area (Å²) in [5.74, 6) is -2.74. The number of fused-ring (bicyclic) bond motifs is 2. The van der Waals surface area contributed by atoms with Gasteiger partial charge in [-0.25, -0.2) is 4.79 Å². The first kappa shape index (κ1) is 17.9. The molecule has 2 aliphatic heterocycles. The molecular formula is C21H18N2O5. The average molecular weight is 378 g/mol. The lowest BCUT2D eigenvalue weighted by Crippen LogP contribution is -2.54. The van der Waals surface area contributed by atoms with Crippen LogP contribution in [0, 0.1) is 0 Å². The molecule has 0 aliphatic carbocycles. The third-order valence-corrected chi connectivity index (χ3v) is 5.40. The fourth-order valence-electron chi connectivity index (χ4n) is 3.81. The molecule has 0 radical (unpaired) electrons. The van der Waals surface area contributed by atoms with Crippen LogP contribution in [0.3, 0.4) is 0 Å². The van der Waals surface area contributed by atoms with E-state index in [1.54, 1.807) is 24.3 Å². The summed E-state index contributed by atoms with van der Waals surface area (Å²) in [4.78, 5) is 52.9. The van der Waals surface area contributed by atoms with Gasteiger partial charge < -0.3 is 10.0 Å². The lowest BCUT2D eigenvalue weighted by Gasteiger charge is -2.31. The Balaban J connectivity index is 1.80. The molecule has 0 fully saturated rings. The van der Waals surface area contributed by atoms with Crippen LogP contribution >= 0.6 is 0 Å². The molecule has 2 aromatic rings. The van der Waals surface area contributed by atoms with Gasteiger partial charge in [-0.3, -0.25) is 19.3 Å². The molecule has 2 aliphatic rings. The third-order valence-electron chi connectivity index (χ3n) is 5.40. The van der Waals surface area contributed by atoms with E-state index < -0.39 is 35.8 Å². The molecule has 0 saturated carbocycles. The number of nitrogens with zero attached hydrogens (tertiary/aromatic N) is 2. The SMILES string of the molecule is C[C@H](C(=O)O)N1Cc2ccccc2C[C@H](N2C(=O)c3ccccc3C2=O)C1=O. The summed E-state index contributed by atoms with van der Waals surface area (Å²) in [5, 5.41) is 9.45. The molecule has 4 rings (SSSR count). The van der Waals surface area contributed by atoms with Gasteiger partial charge in [-0.05, 0) is 30.2 Å². The van der Waals surface area contributed by atoms with E-state index in [-0.39, 0.29) is 24.1 Å². The summed E-state index contributed by atoms with van der Waals surface area (Å²) >= 11 is 0. The van der Waals surface area contributed by atoms with Gasteiger partial charge in [-0.1, -0.05) is 36.4 Å². The smallest absolute Gasteiger partial charge is 0.326 e. The van der Waals surface area contributed by atoms with E-state index in [9.17, 15) is 24.3 Å². The fourth-order valence-corrected chi connectivity index (χ4v) is 3.81. The van der Waals surface area contributed by atoms with Gasteiger partial charge in [-0.2, -0.15) is 0 Å². The second-order valence-corrected chi connectivity index (χ2v) is 6.99. The third kappa shape index (κ3) is 2.67. The number of benzene rings is 2. The Morgan fingerprint density at radius 3 is 2.07 bits per heavy atom. The fraction of sp³-hybridized carbons (Fsp3) is 0.238. The number of hydrogen-bond donors (Lipinski definition) is 1. The van der Waals surface area contributed by atoms with E-state index in [1.165, 1.54) is 11.8 Å². The number of carboxylic acid groups (broad SMARTS) is 1. The number of carbonyl (C=O) groups is 4. The van der Waals surface area contributed by atoms with E-state index in [0.717, 1.165) is 16.0 Å². The molecule has 142 valence electrons. The monoisotopic (exact) mass is 378 g/mol. The highest BCUT2D eigenvalue weighted by atomic mass is 16.4. The van der Waals surface area contributed by atoms with Crippen LogP contribution in [0.1, 0.15) is 38.8 Å². The number of rotatable bonds is 3. The van der Waals surface area contributed by atoms with Crippen molar-refractivity contribution in [3.63, 3.8) is 0 Å². The zero-order chi connectivity index (χ0) is 20.0. The van der Waals surface area contributed by atoms with E-state index in [0.29, 0.717) is 0 Å². The van der Waals surface area contributed by atoms with Gasteiger partial charge in [0.1, 0.15) is 12.1 Å². The van der Waals surface area contributed by atoms with Crippen molar-refractivity contribution in [1.29, 1.82) is 0 Å². The van der Waals surface area contributed by atoms with Crippen molar-refractivity contribution in [3.8, 4) is 0 Å². The lowest BCUT2D eigenvalue weighted by molar-refractivity contribution is -0.151. The Morgan fingerprint density at radius 1 is 0.964 bits per heavy atom. The minimum absolute atomic E-state index is 0.113. The van der Waals surface area contributed by atoms with Crippen LogP contribution in [0.5, 0.6) is 0 Å². The van der Waals surface area contributed by atoms with Gasteiger partial charge >= 0.3 is 5.97 Å². The zero-order valence-electron chi connectivity index (χ0n) is 15.2. The summed E-state index contributed by atoms with van der Waals surface area (Å²) in [6, 6.07) is 11.6. The minimum Gasteiger partial charge on any atom is -0.480 e. The molecule has 0 bridgehead atoms. The van der Waals surface area contributed by atoms with Crippen molar-refractivity contribution in [3.05, 3.63) is 70.8 Å². The normalized spacial score (nSPS) is 19.9. The van der Waals surface area contributed by atoms with Crippen molar-refractivity contribution in [1.82, 2.24) is 9.80 Å². The highest BCUT2D eigenvalue weighted by Gasteiger charge is 2.46. The Bertz CT molecular complexity index is 980. The standard InChI is InChI=1S/C21H18N2O5/c1-12(21(27)28)22-11-14-7-3-2-6-13(14)10-17(20(22)26)23-18(24)15-8-4-5-9-16(15)19(23)25/h2-9,12,17H,10-11H2,1H3,(H,27,28)/t12-,17+/m1/s1. The number of carboxylic acids is 1. The van der Waals surface area contributed by atoms with Gasteiger partial charge in [0.25, 0.3) is 11.8 Å². The summed E-state index contributed by atoms with van der Waals surface area (Å²) in [6.07, 6.45) is 0.156. The van der Waals surface area contributed by atoms with Crippen molar-refractivity contribution >= 4 is 23.7 Å². The second-order valence-electron chi connectivity index (χ2n) is 6.99. The number of imide groups is 1. The van der Waals surface area contributed by atoms with E-state index in [4.69, 9.17) is 0 Å². The maximum atomic E-state index is 13.3. The topological polar surface area (TPSA) is 95.0 Å².